The Bertz CT molecular complexity index is 584. The van der Waals surface area contributed by atoms with Crippen LogP contribution in [0, 0.1) is 9.39 Å². The number of nitrogens with one attached hydrogen (secondary N) is 1. The van der Waals surface area contributed by atoms with E-state index >= 15 is 0 Å². The van der Waals surface area contributed by atoms with E-state index in [2.05, 4.69) is 50.8 Å². The monoisotopic (exact) mass is 481 g/mol. The summed E-state index contributed by atoms with van der Waals surface area (Å²) >= 11 is 11.8. The minimum atomic E-state index is -0.220. The Morgan fingerprint density at radius 3 is 2.71 bits per heavy atom. The molecule has 2 aromatic rings. The van der Waals surface area contributed by atoms with Gasteiger partial charge in [-0.25, -0.2) is 4.39 Å². The molecule has 1 N–H and O–H groups in total. The second-order valence-corrected chi connectivity index (χ2v) is 7.23. The molecule has 2 aromatic carbocycles. The van der Waals surface area contributed by atoms with Gasteiger partial charge in [0.1, 0.15) is 5.82 Å². The fourth-order valence-corrected chi connectivity index (χ4v) is 3.35. The largest absolute Gasteiger partial charge is 0.306 e. The lowest BCUT2D eigenvalue weighted by molar-refractivity contribution is 0.545. The van der Waals surface area contributed by atoms with Crippen molar-refractivity contribution in [1.29, 1.82) is 0 Å². The molecular weight excluding hydrogens is 467 g/mol. The SMILES string of the molecule is CCCNC(c1cc(Br)ccc1F)c1cc(Cl)ccc1I. The zero-order valence-corrected chi connectivity index (χ0v) is 16.0. The van der Waals surface area contributed by atoms with Crippen LogP contribution in [0.5, 0.6) is 0 Å². The van der Waals surface area contributed by atoms with Crippen LogP contribution < -0.4 is 5.32 Å². The van der Waals surface area contributed by atoms with Gasteiger partial charge in [-0.1, -0.05) is 34.5 Å². The molecule has 0 amide bonds. The molecule has 0 aliphatic heterocycles. The van der Waals surface area contributed by atoms with Crippen LogP contribution in [-0.2, 0) is 0 Å². The van der Waals surface area contributed by atoms with Crippen LogP contribution in [0.15, 0.2) is 40.9 Å². The van der Waals surface area contributed by atoms with Gasteiger partial charge in [0.2, 0.25) is 0 Å². The first kappa shape index (κ1) is 17.2. The molecule has 0 heterocycles. The highest BCUT2D eigenvalue weighted by Gasteiger charge is 2.20. The molecule has 0 spiro atoms. The van der Waals surface area contributed by atoms with Gasteiger partial charge in [0.25, 0.3) is 0 Å². The van der Waals surface area contributed by atoms with E-state index in [0.29, 0.717) is 10.6 Å². The lowest BCUT2D eigenvalue weighted by atomic mass is 9.98. The summed E-state index contributed by atoms with van der Waals surface area (Å²) in [4.78, 5) is 0. The van der Waals surface area contributed by atoms with E-state index in [9.17, 15) is 4.39 Å². The third-order valence-corrected chi connectivity index (χ3v) is 4.85. The van der Waals surface area contributed by atoms with Crippen molar-refractivity contribution >= 4 is 50.1 Å². The first-order chi connectivity index (χ1) is 10.0. The van der Waals surface area contributed by atoms with Gasteiger partial charge >= 0.3 is 0 Å². The van der Waals surface area contributed by atoms with Crippen molar-refractivity contribution in [3.05, 3.63) is 66.4 Å². The molecule has 1 nitrogen and oxygen atoms in total. The summed E-state index contributed by atoms with van der Waals surface area (Å²) in [5.74, 6) is -0.220. The van der Waals surface area contributed by atoms with Gasteiger partial charge in [0.05, 0.1) is 6.04 Å². The molecule has 1 unspecified atom stereocenters. The lowest BCUT2D eigenvalue weighted by Crippen LogP contribution is -2.25. The number of rotatable bonds is 5. The Hall–Kier alpha value is -0.170. The fourth-order valence-electron chi connectivity index (χ4n) is 2.15. The standard InChI is InChI=1S/C16H15BrClFIN/c1-2-7-21-16(12-8-10(17)3-5-14(12)19)13-9-11(18)4-6-15(13)20/h3-6,8-9,16,21H,2,7H2,1H3. The molecule has 0 aliphatic rings. The summed E-state index contributed by atoms with van der Waals surface area (Å²) in [6.45, 7) is 2.89. The third-order valence-electron chi connectivity index (χ3n) is 3.14. The topological polar surface area (TPSA) is 12.0 Å². The van der Waals surface area contributed by atoms with Crippen LogP contribution in [0.2, 0.25) is 5.02 Å². The quantitative estimate of drug-likeness (QED) is 0.521. The summed E-state index contributed by atoms with van der Waals surface area (Å²) < 4.78 is 16.2. The average Bonchev–Trinajstić information content (AvgIpc) is 2.46. The van der Waals surface area contributed by atoms with Crippen molar-refractivity contribution in [2.75, 3.05) is 6.54 Å². The van der Waals surface area contributed by atoms with Gasteiger partial charge in [-0.3, -0.25) is 0 Å². The number of hydrogen-bond acceptors (Lipinski definition) is 1. The van der Waals surface area contributed by atoms with E-state index in [1.807, 2.05) is 24.3 Å². The molecule has 0 aliphatic carbocycles. The van der Waals surface area contributed by atoms with Gasteiger partial charge in [0.15, 0.2) is 0 Å². The van der Waals surface area contributed by atoms with E-state index in [4.69, 9.17) is 11.6 Å². The van der Waals surface area contributed by atoms with E-state index in [-0.39, 0.29) is 11.9 Å². The molecule has 0 bridgehead atoms. The van der Waals surface area contributed by atoms with E-state index in [0.717, 1.165) is 26.6 Å². The van der Waals surface area contributed by atoms with Crippen LogP contribution in [0.3, 0.4) is 0 Å². The van der Waals surface area contributed by atoms with Crippen LogP contribution in [0.25, 0.3) is 0 Å². The van der Waals surface area contributed by atoms with Crippen LogP contribution in [-0.4, -0.2) is 6.54 Å². The Labute approximate surface area is 151 Å². The van der Waals surface area contributed by atoms with Crippen molar-refractivity contribution in [3.8, 4) is 0 Å². The molecule has 0 saturated carbocycles. The van der Waals surface area contributed by atoms with Gasteiger partial charge in [0, 0.05) is 18.6 Å². The molecule has 0 fully saturated rings. The molecular formula is C16H15BrClFIN. The second-order valence-electron chi connectivity index (χ2n) is 4.72. The Balaban J connectivity index is 2.52. The first-order valence-corrected chi connectivity index (χ1v) is 8.91. The van der Waals surface area contributed by atoms with Crippen LogP contribution >= 0.6 is 50.1 Å². The molecule has 1 atom stereocenters. The smallest absolute Gasteiger partial charge is 0.128 e. The van der Waals surface area contributed by atoms with E-state index in [1.54, 1.807) is 6.07 Å². The number of halogens is 4. The average molecular weight is 483 g/mol. The summed E-state index contributed by atoms with van der Waals surface area (Å²) in [5, 5.41) is 4.07. The molecule has 0 saturated heterocycles. The first-order valence-electron chi connectivity index (χ1n) is 6.66. The van der Waals surface area contributed by atoms with Crippen molar-refractivity contribution in [1.82, 2.24) is 5.32 Å². The van der Waals surface area contributed by atoms with Gasteiger partial charge < -0.3 is 5.32 Å². The lowest BCUT2D eigenvalue weighted by Gasteiger charge is -2.22. The fraction of sp³-hybridized carbons (Fsp3) is 0.250. The minimum absolute atomic E-state index is 0.215. The van der Waals surface area contributed by atoms with Crippen LogP contribution in [0.1, 0.15) is 30.5 Å². The Morgan fingerprint density at radius 1 is 1.24 bits per heavy atom. The highest BCUT2D eigenvalue weighted by molar-refractivity contribution is 14.1. The highest BCUT2D eigenvalue weighted by atomic mass is 127. The van der Waals surface area contributed by atoms with Crippen molar-refractivity contribution in [2.24, 2.45) is 0 Å². The molecule has 2 rings (SSSR count). The van der Waals surface area contributed by atoms with Crippen molar-refractivity contribution < 1.29 is 4.39 Å². The van der Waals surface area contributed by atoms with Crippen molar-refractivity contribution in [3.63, 3.8) is 0 Å². The Morgan fingerprint density at radius 2 is 2.00 bits per heavy atom. The summed E-state index contributed by atoms with van der Waals surface area (Å²) in [6, 6.07) is 10.5. The summed E-state index contributed by atoms with van der Waals surface area (Å²) in [6.07, 6.45) is 0.975. The molecule has 0 radical (unpaired) electrons. The number of hydrogen-bond donors (Lipinski definition) is 1. The van der Waals surface area contributed by atoms with Crippen LogP contribution in [0.4, 0.5) is 4.39 Å². The predicted molar refractivity (Wildman–Crippen MR) is 98.4 cm³/mol. The maximum absolute atomic E-state index is 14.3. The van der Waals surface area contributed by atoms with Gasteiger partial charge in [-0.2, -0.15) is 0 Å². The van der Waals surface area contributed by atoms with Gasteiger partial charge in [-0.15, -0.1) is 0 Å². The van der Waals surface area contributed by atoms with E-state index in [1.165, 1.54) is 6.07 Å². The zero-order valence-electron chi connectivity index (χ0n) is 11.5. The third kappa shape index (κ3) is 4.41. The van der Waals surface area contributed by atoms with E-state index < -0.39 is 0 Å². The second kappa shape index (κ2) is 7.90. The predicted octanol–water partition coefficient (Wildman–Crippen LogP) is 5.94. The minimum Gasteiger partial charge on any atom is -0.306 e. The summed E-state index contributed by atoms with van der Waals surface area (Å²) in [7, 11) is 0. The highest BCUT2D eigenvalue weighted by Crippen LogP contribution is 2.31. The van der Waals surface area contributed by atoms with Gasteiger partial charge in [-0.05, 0) is 77.5 Å². The molecule has 5 heteroatoms. The molecule has 112 valence electrons. The normalized spacial score (nSPS) is 12.4. The maximum atomic E-state index is 14.3. The summed E-state index contributed by atoms with van der Waals surface area (Å²) in [5.41, 5.74) is 1.62. The maximum Gasteiger partial charge on any atom is 0.128 e. The Kier molecular flexibility index (Phi) is 6.47. The molecule has 21 heavy (non-hydrogen) atoms. The number of benzene rings is 2. The zero-order chi connectivity index (χ0) is 15.4. The molecule has 0 aromatic heterocycles. The van der Waals surface area contributed by atoms with Crippen molar-refractivity contribution in [2.45, 2.75) is 19.4 Å².